The van der Waals surface area contributed by atoms with E-state index in [2.05, 4.69) is 20.9 Å². The molecule has 0 saturated heterocycles. The van der Waals surface area contributed by atoms with Crippen molar-refractivity contribution in [1.29, 1.82) is 0 Å². The van der Waals surface area contributed by atoms with Gasteiger partial charge in [0.2, 0.25) is 17.7 Å². The lowest BCUT2D eigenvalue weighted by atomic mass is 10.0. The van der Waals surface area contributed by atoms with Crippen molar-refractivity contribution in [3.05, 3.63) is 71.9 Å². The Morgan fingerprint density at radius 1 is 0.690 bits per heavy atom. The third kappa shape index (κ3) is 8.89. The minimum atomic E-state index is -1.71. The molecule has 0 aliphatic carbocycles. The zero-order valence-electron chi connectivity index (χ0n) is 22.3. The molecule has 4 atom stereocenters. The Hall–Kier alpha value is -5.24. The van der Waals surface area contributed by atoms with Crippen LogP contribution in [0.5, 0.6) is 0 Å². The van der Waals surface area contributed by atoms with Crippen LogP contribution in [-0.2, 0) is 41.6 Å². The first-order chi connectivity index (χ1) is 19.9. The molecule has 0 spiro atoms. The van der Waals surface area contributed by atoms with E-state index in [1.807, 2.05) is 12.1 Å². The molecule has 0 radical (unpaired) electrons. The van der Waals surface area contributed by atoms with Crippen molar-refractivity contribution in [3.63, 3.8) is 0 Å². The van der Waals surface area contributed by atoms with Crippen LogP contribution in [0, 0.1) is 0 Å². The van der Waals surface area contributed by atoms with Gasteiger partial charge in [-0.05, 0) is 17.2 Å². The van der Waals surface area contributed by atoms with Crippen molar-refractivity contribution in [2.24, 2.45) is 5.73 Å². The van der Waals surface area contributed by atoms with Crippen LogP contribution in [0.2, 0.25) is 0 Å². The van der Waals surface area contributed by atoms with Crippen LogP contribution in [0.4, 0.5) is 0 Å². The second-order valence-electron chi connectivity index (χ2n) is 9.58. The molecule has 3 aromatic rings. The van der Waals surface area contributed by atoms with Gasteiger partial charge in [0.05, 0.1) is 18.9 Å². The highest BCUT2D eigenvalue weighted by Crippen LogP contribution is 2.19. The number of amides is 3. The number of carboxylic acids is 3. The standard InChI is InChI=1S/C28H31N5O9/c29-18(12-23(34)35)25(38)31-21(13-24(36)37)27(40)32-20(10-15-6-2-1-3-7-15)26(39)33-22(28(41)42)11-16-14-30-19-9-5-4-8-17(16)19/h1-9,14,18,20-22,30H,10-13,29H2,(H,31,38)(H,32,40)(H,33,39)(H,34,35)(H,36,37)(H,41,42). The van der Waals surface area contributed by atoms with Gasteiger partial charge in [-0.15, -0.1) is 0 Å². The summed E-state index contributed by atoms with van der Waals surface area (Å²) in [5, 5.41) is 35.8. The molecule has 1 aromatic heterocycles. The number of benzene rings is 2. The first kappa shape index (κ1) is 31.3. The lowest BCUT2D eigenvalue weighted by Crippen LogP contribution is -2.58. The van der Waals surface area contributed by atoms with E-state index in [0.717, 1.165) is 10.9 Å². The van der Waals surface area contributed by atoms with E-state index in [1.165, 1.54) is 0 Å². The number of H-pyrrole nitrogens is 1. The summed E-state index contributed by atoms with van der Waals surface area (Å²) in [4.78, 5) is 76.3. The van der Waals surface area contributed by atoms with E-state index >= 15 is 0 Å². The summed E-state index contributed by atoms with van der Waals surface area (Å²) in [6, 6.07) is 9.69. The van der Waals surface area contributed by atoms with Crippen LogP contribution < -0.4 is 21.7 Å². The minimum Gasteiger partial charge on any atom is -0.481 e. The number of fused-ring (bicyclic) bond motifs is 1. The molecule has 0 bridgehead atoms. The Bertz CT molecular complexity index is 1460. The third-order valence-corrected chi connectivity index (χ3v) is 6.37. The monoisotopic (exact) mass is 581 g/mol. The van der Waals surface area contributed by atoms with Crippen LogP contribution >= 0.6 is 0 Å². The van der Waals surface area contributed by atoms with Crippen LogP contribution in [0.15, 0.2) is 60.8 Å². The highest BCUT2D eigenvalue weighted by Gasteiger charge is 2.32. The molecule has 3 amide bonds. The number of aliphatic carboxylic acids is 3. The van der Waals surface area contributed by atoms with Gasteiger partial charge in [-0.3, -0.25) is 24.0 Å². The lowest BCUT2D eigenvalue weighted by Gasteiger charge is -2.24. The molecule has 1 heterocycles. The highest BCUT2D eigenvalue weighted by atomic mass is 16.4. The summed E-state index contributed by atoms with van der Waals surface area (Å²) >= 11 is 0. The van der Waals surface area contributed by atoms with Gasteiger partial charge in [-0.2, -0.15) is 0 Å². The Morgan fingerprint density at radius 3 is 1.90 bits per heavy atom. The fourth-order valence-corrected chi connectivity index (χ4v) is 4.27. The number of hydrogen-bond acceptors (Lipinski definition) is 7. The fourth-order valence-electron chi connectivity index (χ4n) is 4.27. The number of aromatic nitrogens is 1. The molecule has 2 aromatic carbocycles. The number of para-hydroxylation sites is 1. The topological polar surface area (TPSA) is 241 Å². The molecule has 0 aliphatic heterocycles. The molecule has 42 heavy (non-hydrogen) atoms. The number of hydrogen-bond donors (Lipinski definition) is 8. The zero-order chi connectivity index (χ0) is 30.8. The highest BCUT2D eigenvalue weighted by molar-refractivity contribution is 5.96. The second-order valence-corrected chi connectivity index (χ2v) is 9.58. The van der Waals surface area contributed by atoms with Gasteiger partial charge in [-0.1, -0.05) is 48.5 Å². The van der Waals surface area contributed by atoms with Crippen molar-refractivity contribution in [2.45, 2.75) is 49.9 Å². The van der Waals surface area contributed by atoms with Crippen LogP contribution in [0.1, 0.15) is 24.0 Å². The van der Waals surface area contributed by atoms with Gasteiger partial charge in [0.25, 0.3) is 0 Å². The summed E-state index contributed by atoms with van der Waals surface area (Å²) in [7, 11) is 0. The van der Waals surface area contributed by atoms with Gasteiger partial charge in [-0.25, -0.2) is 4.79 Å². The van der Waals surface area contributed by atoms with Crippen molar-refractivity contribution in [2.75, 3.05) is 0 Å². The van der Waals surface area contributed by atoms with Gasteiger partial charge in [0.15, 0.2) is 0 Å². The maximum absolute atomic E-state index is 13.4. The molecule has 0 saturated carbocycles. The van der Waals surface area contributed by atoms with Gasteiger partial charge < -0.3 is 42.0 Å². The van der Waals surface area contributed by atoms with Gasteiger partial charge in [0, 0.05) is 29.9 Å². The number of nitrogens with one attached hydrogen (secondary N) is 4. The van der Waals surface area contributed by atoms with Crippen LogP contribution in [-0.4, -0.2) is 80.1 Å². The van der Waals surface area contributed by atoms with E-state index in [4.69, 9.17) is 10.8 Å². The SMILES string of the molecule is NC(CC(=O)O)C(=O)NC(CC(=O)O)C(=O)NC(Cc1ccccc1)C(=O)NC(Cc1c[nH]c2ccccc12)C(=O)O. The Balaban J connectivity index is 1.81. The molecule has 3 rings (SSSR count). The quantitative estimate of drug-likeness (QED) is 0.117. The van der Waals surface area contributed by atoms with E-state index in [-0.39, 0.29) is 12.8 Å². The third-order valence-electron chi connectivity index (χ3n) is 6.37. The lowest BCUT2D eigenvalue weighted by molar-refractivity contribution is -0.143. The van der Waals surface area contributed by atoms with Crippen molar-refractivity contribution in [3.8, 4) is 0 Å². The number of carboxylic acid groups (broad SMARTS) is 3. The average Bonchev–Trinajstić information content (AvgIpc) is 3.34. The first-order valence-electron chi connectivity index (χ1n) is 12.9. The van der Waals surface area contributed by atoms with Crippen molar-refractivity contribution in [1.82, 2.24) is 20.9 Å². The number of carbonyl (C=O) groups is 6. The number of rotatable bonds is 15. The smallest absolute Gasteiger partial charge is 0.326 e. The largest absolute Gasteiger partial charge is 0.481 e. The summed E-state index contributed by atoms with van der Waals surface area (Å²) < 4.78 is 0. The molecule has 14 nitrogen and oxygen atoms in total. The molecule has 14 heteroatoms. The summed E-state index contributed by atoms with van der Waals surface area (Å²) in [6.45, 7) is 0. The van der Waals surface area contributed by atoms with E-state index in [0.29, 0.717) is 11.1 Å². The fraction of sp³-hybridized carbons (Fsp3) is 0.286. The second kappa shape index (κ2) is 14.4. The summed E-state index contributed by atoms with van der Waals surface area (Å²) in [5.41, 5.74) is 7.56. The molecular weight excluding hydrogens is 550 g/mol. The Morgan fingerprint density at radius 2 is 1.26 bits per heavy atom. The summed E-state index contributed by atoms with van der Waals surface area (Å²) in [6.07, 6.45) is -0.181. The maximum Gasteiger partial charge on any atom is 0.326 e. The van der Waals surface area contributed by atoms with Crippen molar-refractivity contribution >= 4 is 46.5 Å². The predicted molar refractivity (Wildman–Crippen MR) is 148 cm³/mol. The average molecular weight is 582 g/mol. The van der Waals surface area contributed by atoms with E-state index in [9.17, 15) is 39.0 Å². The molecule has 0 aliphatic rings. The van der Waals surface area contributed by atoms with Crippen molar-refractivity contribution < 1.29 is 44.1 Å². The first-order valence-corrected chi connectivity index (χ1v) is 12.9. The molecule has 9 N–H and O–H groups in total. The normalized spacial score (nSPS) is 13.7. The molecule has 0 fully saturated rings. The van der Waals surface area contributed by atoms with Gasteiger partial charge in [0.1, 0.15) is 18.1 Å². The Kier molecular flexibility index (Phi) is 10.7. The van der Waals surface area contributed by atoms with E-state index in [1.54, 1.807) is 48.7 Å². The number of carbonyl (C=O) groups excluding carboxylic acids is 3. The van der Waals surface area contributed by atoms with E-state index < -0.39 is 72.6 Å². The molecule has 4 unspecified atom stereocenters. The van der Waals surface area contributed by atoms with Crippen LogP contribution in [0.3, 0.4) is 0 Å². The zero-order valence-corrected chi connectivity index (χ0v) is 22.3. The molecule has 222 valence electrons. The summed E-state index contributed by atoms with van der Waals surface area (Å²) in [5.74, 6) is -7.15. The predicted octanol–water partition coefficient (Wildman–Crippen LogP) is -0.231. The number of nitrogens with two attached hydrogens (primary N) is 1. The maximum atomic E-state index is 13.4. The Labute approximate surface area is 239 Å². The minimum absolute atomic E-state index is 0.0732. The van der Waals surface area contributed by atoms with Gasteiger partial charge >= 0.3 is 17.9 Å². The number of aromatic amines is 1. The molecular formula is C28H31N5O9. The van der Waals surface area contributed by atoms with Crippen LogP contribution in [0.25, 0.3) is 10.9 Å².